The van der Waals surface area contributed by atoms with Gasteiger partial charge in [-0.1, -0.05) is 18.9 Å². The first-order valence-corrected chi connectivity index (χ1v) is 7.09. The van der Waals surface area contributed by atoms with Crippen LogP contribution in [0.5, 0.6) is 5.75 Å². The Morgan fingerprint density at radius 1 is 1.33 bits per heavy atom. The Balaban J connectivity index is 2.05. The van der Waals surface area contributed by atoms with E-state index in [0.717, 1.165) is 29.4 Å². The maximum absolute atomic E-state index is 11.7. The monoisotopic (exact) mass is 286 g/mol. The second-order valence-corrected chi connectivity index (χ2v) is 5.47. The van der Waals surface area contributed by atoms with Crippen LogP contribution in [0, 0.1) is 0 Å². The molecule has 0 saturated heterocycles. The molecular weight excluding hydrogens is 268 g/mol. The molecule has 0 bridgehead atoms. The number of methoxy groups -OCH3 is 1. The summed E-state index contributed by atoms with van der Waals surface area (Å²) in [4.78, 5) is 16.0. The average Bonchev–Trinajstić information content (AvgIpc) is 2.97. The molecule has 1 saturated carbocycles. The maximum Gasteiger partial charge on any atom is 0.329 e. The van der Waals surface area contributed by atoms with Crippen molar-refractivity contribution in [2.45, 2.75) is 31.2 Å². The van der Waals surface area contributed by atoms with Crippen LogP contribution in [0.25, 0.3) is 10.8 Å². The number of fused-ring (bicyclic) bond motifs is 1. The lowest BCUT2D eigenvalue weighted by molar-refractivity contribution is -0.142. The number of aliphatic carboxylic acids is 1. The average molecular weight is 286 g/mol. The minimum Gasteiger partial charge on any atom is -0.497 e. The molecule has 0 aliphatic heterocycles. The Morgan fingerprint density at radius 2 is 2.10 bits per heavy atom. The lowest BCUT2D eigenvalue weighted by Gasteiger charge is -2.26. The van der Waals surface area contributed by atoms with E-state index >= 15 is 0 Å². The van der Waals surface area contributed by atoms with Crippen molar-refractivity contribution in [3.8, 4) is 5.75 Å². The third-order valence-corrected chi connectivity index (χ3v) is 4.20. The third-order valence-electron chi connectivity index (χ3n) is 4.20. The van der Waals surface area contributed by atoms with Gasteiger partial charge in [-0.05, 0) is 36.4 Å². The lowest BCUT2D eigenvalue weighted by atomic mass is 9.97. The van der Waals surface area contributed by atoms with Crippen LogP contribution >= 0.6 is 0 Å². The summed E-state index contributed by atoms with van der Waals surface area (Å²) < 4.78 is 5.25. The topological polar surface area (TPSA) is 71.5 Å². The normalized spacial score (nSPS) is 16.8. The summed E-state index contributed by atoms with van der Waals surface area (Å²) in [6.45, 7) is 0. The first kappa shape index (κ1) is 13.7. The van der Waals surface area contributed by atoms with E-state index in [0.29, 0.717) is 18.7 Å². The van der Waals surface area contributed by atoms with Gasteiger partial charge in [0.1, 0.15) is 17.1 Å². The van der Waals surface area contributed by atoms with Crippen molar-refractivity contribution in [2.75, 3.05) is 12.4 Å². The van der Waals surface area contributed by atoms with Gasteiger partial charge in [0, 0.05) is 11.6 Å². The second-order valence-electron chi connectivity index (χ2n) is 5.47. The quantitative estimate of drug-likeness (QED) is 0.904. The van der Waals surface area contributed by atoms with E-state index in [1.807, 2.05) is 24.3 Å². The summed E-state index contributed by atoms with van der Waals surface area (Å²) in [5.41, 5.74) is -0.898. The Kier molecular flexibility index (Phi) is 3.41. The van der Waals surface area contributed by atoms with Crippen LogP contribution < -0.4 is 10.1 Å². The lowest BCUT2D eigenvalue weighted by Crippen LogP contribution is -2.43. The Labute approximate surface area is 123 Å². The molecule has 1 aromatic carbocycles. The van der Waals surface area contributed by atoms with E-state index in [2.05, 4.69) is 10.3 Å². The molecule has 1 aliphatic rings. The number of anilines is 1. The minimum atomic E-state index is -0.898. The number of nitrogens with zero attached hydrogens (tertiary/aromatic N) is 1. The van der Waals surface area contributed by atoms with Crippen molar-refractivity contribution in [1.29, 1.82) is 0 Å². The van der Waals surface area contributed by atoms with Crippen molar-refractivity contribution >= 4 is 22.6 Å². The molecule has 21 heavy (non-hydrogen) atoms. The van der Waals surface area contributed by atoms with Crippen LogP contribution in [-0.2, 0) is 4.79 Å². The van der Waals surface area contributed by atoms with Gasteiger partial charge in [0.25, 0.3) is 0 Å². The number of ether oxygens (including phenoxy) is 1. The van der Waals surface area contributed by atoms with Gasteiger partial charge in [-0.15, -0.1) is 0 Å². The van der Waals surface area contributed by atoms with Crippen LogP contribution in [0.1, 0.15) is 25.7 Å². The number of aromatic nitrogens is 1. The van der Waals surface area contributed by atoms with Crippen molar-refractivity contribution in [2.24, 2.45) is 0 Å². The molecule has 2 aromatic rings. The molecule has 0 atom stereocenters. The van der Waals surface area contributed by atoms with Gasteiger partial charge in [-0.25, -0.2) is 9.78 Å². The van der Waals surface area contributed by atoms with Crippen LogP contribution in [0.3, 0.4) is 0 Å². The van der Waals surface area contributed by atoms with E-state index in [-0.39, 0.29) is 0 Å². The summed E-state index contributed by atoms with van der Waals surface area (Å²) in [6.07, 6.45) is 4.80. The fourth-order valence-electron chi connectivity index (χ4n) is 2.97. The van der Waals surface area contributed by atoms with Gasteiger partial charge in [-0.3, -0.25) is 0 Å². The molecule has 2 N–H and O–H groups in total. The molecule has 1 heterocycles. The van der Waals surface area contributed by atoms with Gasteiger partial charge in [0.05, 0.1) is 7.11 Å². The summed E-state index contributed by atoms with van der Waals surface area (Å²) in [7, 11) is 1.61. The Morgan fingerprint density at radius 3 is 2.76 bits per heavy atom. The number of carbonyl (C=O) groups is 1. The van der Waals surface area contributed by atoms with Gasteiger partial charge in [0.15, 0.2) is 0 Å². The zero-order valence-corrected chi connectivity index (χ0v) is 11.9. The zero-order valence-electron chi connectivity index (χ0n) is 11.9. The molecule has 5 nitrogen and oxygen atoms in total. The third kappa shape index (κ3) is 2.39. The molecule has 1 aliphatic carbocycles. The fourth-order valence-corrected chi connectivity index (χ4v) is 2.97. The fraction of sp³-hybridized carbons (Fsp3) is 0.375. The largest absolute Gasteiger partial charge is 0.497 e. The predicted molar refractivity (Wildman–Crippen MR) is 80.8 cm³/mol. The molecule has 0 spiro atoms. The van der Waals surface area contributed by atoms with E-state index in [1.54, 1.807) is 13.3 Å². The Hall–Kier alpha value is -2.30. The summed E-state index contributed by atoms with van der Waals surface area (Å²) >= 11 is 0. The SMILES string of the molecule is COc1ccc2ccnc(NC3(C(=O)O)CCCC3)c2c1. The second kappa shape index (κ2) is 5.24. The van der Waals surface area contributed by atoms with Gasteiger partial charge in [-0.2, -0.15) is 0 Å². The number of pyridine rings is 1. The highest BCUT2D eigenvalue weighted by Gasteiger charge is 2.41. The Bertz CT molecular complexity index is 678. The highest BCUT2D eigenvalue weighted by atomic mass is 16.5. The van der Waals surface area contributed by atoms with Gasteiger partial charge < -0.3 is 15.2 Å². The van der Waals surface area contributed by atoms with E-state index in [9.17, 15) is 9.90 Å². The van der Waals surface area contributed by atoms with Crippen molar-refractivity contribution in [1.82, 2.24) is 4.98 Å². The molecule has 0 amide bonds. The van der Waals surface area contributed by atoms with Crippen LogP contribution in [0.15, 0.2) is 30.5 Å². The molecule has 5 heteroatoms. The zero-order chi connectivity index (χ0) is 14.9. The molecule has 110 valence electrons. The van der Waals surface area contributed by atoms with Crippen LogP contribution in [0.2, 0.25) is 0 Å². The number of carboxylic acids is 1. The summed E-state index contributed by atoms with van der Waals surface area (Å²) in [5.74, 6) is 0.534. The molecular formula is C16H18N2O3. The highest BCUT2D eigenvalue weighted by Crippen LogP contribution is 2.35. The number of nitrogens with one attached hydrogen (secondary N) is 1. The number of rotatable bonds is 4. The molecule has 1 aromatic heterocycles. The molecule has 0 unspecified atom stereocenters. The predicted octanol–water partition coefficient (Wildman–Crippen LogP) is 3.05. The first-order valence-electron chi connectivity index (χ1n) is 7.09. The number of carboxylic acid groups (broad SMARTS) is 1. The van der Waals surface area contributed by atoms with Crippen molar-refractivity contribution in [3.05, 3.63) is 30.5 Å². The molecule has 1 fully saturated rings. The van der Waals surface area contributed by atoms with Crippen LogP contribution in [0.4, 0.5) is 5.82 Å². The smallest absolute Gasteiger partial charge is 0.329 e. The highest BCUT2D eigenvalue weighted by molar-refractivity contribution is 5.95. The number of hydrogen-bond donors (Lipinski definition) is 2. The van der Waals surface area contributed by atoms with E-state index in [4.69, 9.17) is 4.74 Å². The van der Waals surface area contributed by atoms with Gasteiger partial charge in [0.2, 0.25) is 0 Å². The first-order chi connectivity index (χ1) is 10.1. The van der Waals surface area contributed by atoms with Gasteiger partial charge >= 0.3 is 5.97 Å². The van der Waals surface area contributed by atoms with Crippen LogP contribution in [-0.4, -0.2) is 28.7 Å². The number of benzene rings is 1. The summed E-state index contributed by atoms with van der Waals surface area (Å²) in [5, 5.41) is 14.7. The maximum atomic E-state index is 11.7. The molecule has 3 rings (SSSR count). The molecule has 0 radical (unpaired) electrons. The van der Waals surface area contributed by atoms with E-state index < -0.39 is 11.5 Å². The summed E-state index contributed by atoms with van der Waals surface area (Å²) in [6, 6.07) is 7.62. The minimum absolute atomic E-state index is 0.607. The van der Waals surface area contributed by atoms with Crippen molar-refractivity contribution < 1.29 is 14.6 Å². The van der Waals surface area contributed by atoms with E-state index in [1.165, 1.54) is 0 Å². The standard InChI is InChI=1S/C16H18N2O3/c1-21-12-5-4-11-6-9-17-14(13(11)10-12)18-16(15(19)20)7-2-3-8-16/h4-6,9-10H,2-3,7-8H2,1H3,(H,17,18)(H,19,20). The van der Waals surface area contributed by atoms with Crippen molar-refractivity contribution in [3.63, 3.8) is 0 Å². The number of hydrogen-bond acceptors (Lipinski definition) is 4.